The van der Waals surface area contributed by atoms with Gasteiger partial charge in [-0.3, -0.25) is 4.72 Å². The summed E-state index contributed by atoms with van der Waals surface area (Å²) in [7, 11) is -7.65. The third-order valence-corrected chi connectivity index (χ3v) is 5.53. The number of sulfone groups is 1. The zero-order valence-corrected chi connectivity index (χ0v) is 11.6. The number of rotatable bonds is 5. The highest BCUT2D eigenvalue weighted by molar-refractivity contribution is 8.08. The Bertz CT molecular complexity index is 619. The quantitative estimate of drug-likeness (QED) is 0.822. The van der Waals surface area contributed by atoms with Crippen molar-refractivity contribution in [3.8, 4) is 0 Å². The molecule has 0 saturated heterocycles. The minimum atomic E-state index is -4.00. The van der Waals surface area contributed by atoms with Crippen LogP contribution in [0.5, 0.6) is 0 Å². The summed E-state index contributed by atoms with van der Waals surface area (Å²) < 4.78 is 47.4. The second-order valence-electron chi connectivity index (χ2n) is 4.02. The van der Waals surface area contributed by atoms with Crippen LogP contribution < -0.4 is 4.72 Å². The highest BCUT2D eigenvalue weighted by Gasteiger charge is 2.19. The van der Waals surface area contributed by atoms with Crippen LogP contribution in [0.25, 0.3) is 0 Å². The molecule has 1 aromatic rings. The van der Waals surface area contributed by atoms with Crippen LogP contribution in [0.3, 0.4) is 0 Å². The van der Waals surface area contributed by atoms with Crippen molar-refractivity contribution in [1.82, 2.24) is 0 Å². The van der Waals surface area contributed by atoms with Gasteiger partial charge in [-0.15, -0.1) is 0 Å². The normalized spacial score (nSPS) is 14.2. The number of hydrogen-bond acceptors (Lipinski definition) is 5. The summed E-state index contributed by atoms with van der Waals surface area (Å²) in [6.07, 6.45) is -0.0191. The smallest absolute Gasteiger partial charge is 0.247 e. The summed E-state index contributed by atoms with van der Waals surface area (Å²) in [6.45, 7) is 1.49. The Hall–Kier alpha value is -1.12. The van der Waals surface area contributed by atoms with Crippen LogP contribution in [0.15, 0.2) is 24.3 Å². The summed E-state index contributed by atoms with van der Waals surface area (Å²) >= 11 is 0. The Labute approximate surface area is 107 Å². The molecule has 6 nitrogen and oxygen atoms in total. The van der Waals surface area contributed by atoms with Crippen LogP contribution >= 0.6 is 0 Å². The zero-order chi connectivity index (χ0) is 14.0. The largest absolute Gasteiger partial charge is 0.389 e. The van der Waals surface area contributed by atoms with E-state index < -0.39 is 31.0 Å². The molecule has 0 aliphatic heterocycles. The van der Waals surface area contributed by atoms with E-state index in [9.17, 15) is 21.9 Å². The molecule has 1 rings (SSSR count). The molecule has 0 radical (unpaired) electrons. The first-order valence-corrected chi connectivity index (χ1v) is 8.77. The van der Waals surface area contributed by atoms with Gasteiger partial charge in [0.25, 0.3) is 0 Å². The fourth-order valence-corrected chi connectivity index (χ4v) is 4.44. The van der Waals surface area contributed by atoms with Crippen molar-refractivity contribution in [1.29, 1.82) is 0 Å². The van der Waals surface area contributed by atoms with Crippen LogP contribution in [-0.2, 0) is 19.9 Å². The Morgan fingerprint density at radius 1 is 1.22 bits per heavy atom. The van der Waals surface area contributed by atoms with E-state index in [0.29, 0.717) is 5.56 Å². The second kappa shape index (κ2) is 5.25. The van der Waals surface area contributed by atoms with Gasteiger partial charge in [0.15, 0.2) is 14.9 Å². The third-order valence-electron chi connectivity index (χ3n) is 2.05. The molecular formula is C10H15NO5S2. The van der Waals surface area contributed by atoms with Crippen molar-refractivity contribution in [3.05, 3.63) is 29.8 Å². The molecule has 0 aliphatic rings. The van der Waals surface area contributed by atoms with Crippen molar-refractivity contribution < 1.29 is 21.9 Å². The van der Waals surface area contributed by atoms with E-state index in [-0.39, 0.29) is 5.69 Å². The fraction of sp³-hybridized carbons (Fsp3) is 0.400. The van der Waals surface area contributed by atoms with Gasteiger partial charge in [-0.05, 0) is 13.0 Å². The van der Waals surface area contributed by atoms with Gasteiger partial charge in [0.05, 0.1) is 11.8 Å². The first-order valence-electron chi connectivity index (χ1n) is 5.06. The average Bonchev–Trinajstić information content (AvgIpc) is 2.13. The van der Waals surface area contributed by atoms with Gasteiger partial charge < -0.3 is 5.11 Å². The second-order valence-corrected chi connectivity index (χ2v) is 8.25. The Kier molecular flexibility index (Phi) is 4.36. The van der Waals surface area contributed by atoms with E-state index in [1.807, 2.05) is 0 Å². The van der Waals surface area contributed by atoms with Crippen LogP contribution in [0.2, 0.25) is 0 Å². The Balaban J connectivity index is 3.05. The third kappa shape index (κ3) is 4.63. The lowest BCUT2D eigenvalue weighted by Gasteiger charge is -2.13. The minimum absolute atomic E-state index is 0.177. The molecule has 0 heterocycles. The van der Waals surface area contributed by atoms with Gasteiger partial charge in [0.1, 0.15) is 0 Å². The number of hydrogen-bond donors (Lipinski definition) is 2. The van der Waals surface area contributed by atoms with Gasteiger partial charge in [0.2, 0.25) is 10.0 Å². The molecule has 18 heavy (non-hydrogen) atoms. The molecule has 1 aromatic carbocycles. The molecule has 1 unspecified atom stereocenters. The highest BCUT2D eigenvalue weighted by atomic mass is 32.3. The summed E-state index contributed by atoms with van der Waals surface area (Å²) in [6, 6.07) is 6.26. The molecule has 0 amide bonds. The highest BCUT2D eigenvalue weighted by Crippen LogP contribution is 2.23. The first kappa shape index (κ1) is 14.9. The van der Waals surface area contributed by atoms with E-state index in [4.69, 9.17) is 0 Å². The van der Waals surface area contributed by atoms with Crippen LogP contribution in [0.1, 0.15) is 18.6 Å². The molecule has 2 N–H and O–H groups in total. The minimum Gasteiger partial charge on any atom is -0.389 e. The lowest BCUT2D eigenvalue weighted by molar-refractivity contribution is 0.200. The van der Waals surface area contributed by atoms with Gasteiger partial charge in [0, 0.05) is 11.8 Å². The van der Waals surface area contributed by atoms with Gasteiger partial charge >= 0.3 is 0 Å². The number of nitrogens with one attached hydrogen (secondary N) is 1. The Morgan fingerprint density at radius 3 is 2.28 bits per heavy atom. The topological polar surface area (TPSA) is 101 Å². The first-order chi connectivity index (χ1) is 8.11. The van der Waals surface area contributed by atoms with Crippen molar-refractivity contribution in [2.75, 3.05) is 16.1 Å². The van der Waals surface area contributed by atoms with Crippen molar-refractivity contribution in [3.63, 3.8) is 0 Å². The molecule has 0 aliphatic carbocycles. The molecule has 1 atom stereocenters. The lowest BCUT2D eigenvalue weighted by Crippen LogP contribution is -2.23. The zero-order valence-electron chi connectivity index (χ0n) is 9.99. The summed E-state index contributed by atoms with van der Waals surface area (Å²) in [5, 5.41) is 8.49. The van der Waals surface area contributed by atoms with Crippen molar-refractivity contribution in [2.24, 2.45) is 0 Å². The SMILES string of the molecule is CC(O)c1ccccc1NS(=O)(=O)CS(C)(=O)=O. The number of aliphatic hydroxyl groups excluding tert-OH is 1. The maximum absolute atomic E-state index is 11.6. The van der Waals surface area contributed by atoms with Gasteiger partial charge in [-0.1, -0.05) is 18.2 Å². The number of para-hydroxylation sites is 1. The molecule has 102 valence electrons. The average molecular weight is 293 g/mol. The number of anilines is 1. The predicted molar refractivity (Wildman–Crippen MR) is 69.3 cm³/mol. The van der Waals surface area contributed by atoms with Crippen molar-refractivity contribution >= 4 is 25.5 Å². The maximum Gasteiger partial charge on any atom is 0.247 e. The summed E-state index contributed by atoms with van der Waals surface area (Å²) in [5.74, 6) is 0. The molecular weight excluding hydrogens is 278 g/mol. The van der Waals surface area contributed by atoms with E-state index in [0.717, 1.165) is 6.26 Å². The van der Waals surface area contributed by atoms with Crippen LogP contribution in [0, 0.1) is 0 Å². The number of sulfonamides is 1. The lowest BCUT2D eigenvalue weighted by atomic mass is 10.1. The Morgan fingerprint density at radius 2 is 1.78 bits per heavy atom. The van der Waals surface area contributed by atoms with Crippen molar-refractivity contribution in [2.45, 2.75) is 13.0 Å². The molecule has 0 fully saturated rings. The van der Waals surface area contributed by atoms with E-state index in [2.05, 4.69) is 4.72 Å². The molecule has 8 heteroatoms. The van der Waals surface area contributed by atoms with E-state index >= 15 is 0 Å². The van der Waals surface area contributed by atoms with Crippen LogP contribution in [-0.4, -0.2) is 33.3 Å². The predicted octanol–water partition coefficient (Wildman–Crippen LogP) is 0.484. The molecule has 0 bridgehead atoms. The molecule has 0 aromatic heterocycles. The fourth-order valence-electron chi connectivity index (χ4n) is 1.43. The maximum atomic E-state index is 11.6. The number of aliphatic hydroxyl groups is 1. The standard InChI is InChI=1S/C10H15NO5S2/c1-8(12)9-5-3-4-6-10(9)11-18(15,16)7-17(2,13)14/h3-6,8,11-12H,7H2,1-2H3. The van der Waals surface area contributed by atoms with E-state index in [1.165, 1.54) is 13.0 Å². The van der Waals surface area contributed by atoms with Gasteiger partial charge in [-0.25, -0.2) is 16.8 Å². The van der Waals surface area contributed by atoms with Gasteiger partial charge in [-0.2, -0.15) is 0 Å². The van der Waals surface area contributed by atoms with Crippen LogP contribution in [0.4, 0.5) is 5.69 Å². The summed E-state index contributed by atoms with van der Waals surface area (Å²) in [5.41, 5.74) is 0.561. The molecule has 0 saturated carbocycles. The monoisotopic (exact) mass is 293 g/mol. The summed E-state index contributed by atoms with van der Waals surface area (Å²) in [4.78, 5) is 0. The van der Waals surface area contributed by atoms with E-state index in [1.54, 1.807) is 18.2 Å². The number of benzene rings is 1. The molecule has 0 spiro atoms.